The fourth-order valence-corrected chi connectivity index (χ4v) is 1.60. The number of esters is 1. The second-order valence-corrected chi connectivity index (χ2v) is 3.08. The van der Waals surface area contributed by atoms with Crippen LogP contribution in [0.5, 0.6) is 0 Å². The van der Waals surface area contributed by atoms with Crippen LogP contribution in [0.25, 0.3) is 0 Å². The van der Waals surface area contributed by atoms with Crippen LogP contribution in [0.1, 0.15) is 19.8 Å². The van der Waals surface area contributed by atoms with Gasteiger partial charge in [0, 0.05) is 0 Å². The Morgan fingerprint density at radius 2 is 2.25 bits per heavy atom. The largest absolute Gasteiger partial charge is 0.480 e. The zero-order chi connectivity index (χ0) is 9.35. The monoisotopic (exact) mass is 172 g/mol. The summed E-state index contributed by atoms with van der Waals surface area (Å²) < 4.78 is 4.45. The normalized spacial score (nSPS) is 32.7. The predicted octanol–water partition coefficient (Wildman–Crippen LogP) is 0.660. The third-order valence-electron chi connectivity index (χ3n) is 2.53. The molecule has 0 saturated heterocycles. The molecule has 4 heteroatoms. The SMILES string of the molecule is CC[C@H]1C[C@]1(C(=O)O)C(=O)OC. The molecule has 0 aromatic rings. The molecular formula is C8H12O4. The quantitative estimate of drug-likeness (QED) is 0.501. The van der Waals surface area contributed by atoms with Crippen molar-refractivity contribution in [1.29, 1.82) is 0 Å². The number of rotatable bonds is 3. The van der Waals surface area contributed by atoms with E-state index in [0.29, 0.717) is 12.8 Å². The minimum atomic E-state index is -1.22. The Morgan fingerprint density at radius 3 is 2.50 bits per heavy atom. The molecule has 12 heavy (non-hydrogen) atoms. The second kappa shape index (κ2) is 2.77. The molecular weight excluding hydrogens is 160 g/mol. The predicted molar refractivity (Wildman–Crippen MR) is 40.5 cm³/mol. The highest BCUT2D eigenvalue weighted by molar-refractivity contribution is 6.02. The van der Waals surface area contributed by atoms with Crippen molar-refractivity contribution in [2.45, 2.75) is 19.8 Å². The second-order valence-electron chi connectivity index (χ2n) is 3.08. The van der Waals surface area contributed by atoms with Gasteiger partial charge in [0.05, 0.1) is 7.11 Å². The molecule has 0 spiro atoms. The Labute approximate surface area is 70.5 Å². The number of aliphatic carboxylic acids is 1. The number of carboxylic acids is 1. The minimum absolute atomic E-state index is 0.0394. The van der Waals surface area contributed by atoms with E-state index in [2.05, 4.69) is 4.74 Å². The number of carbonyl (C=O) groups is 2. The van der Waals surface area contributed by atoms with Crippen LogP contribution < -0.4 is 0 Å². The van der Waals surface area contributed by atoms with Gasteiger partial charge in [-0.05, 0) is 12.3 Å². The van der Waals surface area contributed by atoms with Crippen LogP contribution in [0.15, 0.2) is 0 Å². The highest BCUT2D eigenvalue weighted by Gasteiger charge is 2.66. The molecule has 0 aromatic heterocycles. The van der Waals surface area contributed by atoms with Crippen LogP contribution in [0.2, 0.25) is 0 Å². The lowest BCUT2D eigenvalue weighted by atomic mass is 10.0. The van der Waals surface area contributed by atoms with E-state index in [0.717, 1.165) is 0 Å². The summed E-state index contributed by atoms with van der Waals surface area (Å²) in [5.41, 5.74) is -1.22. The van der Waals surface area contributed by atoms with Crippen LogP contribution in [0.4, 0.5) is 0 Å². The molecule has 0 heterocycles. The van der Waals surface area contributed by atoms with Gasteiger partial charge < -0.3 is 9.84 Å². The van der Waals surface area contributed by atoms with Crippen LogP contribution in [-0.4, -0.2) is 24.2 Å². The summed E-state index contributed by atoms with van der Waals surface area (Å²) in [7, 11) is 1.22. The number of ether oxygens (including phenoxy) is 1. The average Bonchev–Trinajstić information content (AvgIpc) is 2.78. The Bertz CT molecular complexity index is 223. The van der Waals surface area contributed by atoms with E-state index in [1.165, 1.54) is 7.11 Å². The number of methoxy groups -OCH3 is 1. The zero-order valence-electron chi connectivity index (χ0n) is 7.16. The maximum absolute atomic E-state index is 11.1. The Kier molecular flexibility index (Phi) is 2.08. The van der Waals surface area contributed by atoms with Gasteiger partial charge in [0.1, 0.15) is 0 Å². The standard InChI is InChI=1S/C8H12O4/c1-3-5-4-8(5,6(9)10)7(11)12-2/h5H,3-4H2,1-2H3,(H,9,10)/t5-,8-/m0/s1. The number of carbonyl (C=O) groups excluding carboxylic acids is 1. The lowest BCUT2D eigenvalue weighted by molar-refractivity contribution is -0.160. The molecule has 68 valence electrons. The van der Waals surface area contributed by atoms with Gasteiger partial charge in [-0.1, -0.05) is 13.3 Å². The van der Waals surface area contributed by atoms with Gasteiger partial charge in [0.2, 0.25) is 0 Å². The van der Waals surface area contributed by atoms with Gasteiger partial charge in [-0.3, -0.25) is 9.59 Å². The van der Waals surface area contributed by atoms with Gasteiger partial charge in [-0.25, -0.2) is 0 Å². The van der Waals surface area contributed by atoms with Crippen molar-refractivity contribution in [2.75, 3.05) is 7.11 Å². The highest BCUT2D eigenvalue weighted by atomic mass is 16.5. The third-order valence-corrected chi connectivity index (χ3v) is 2.53. The van der Waals surface area contributed by atoms with E-state index in [9.17, 15) is 9.59 Å². The van der Waals surface area contributed by atoms with E-state index in [4.69, 9.17) is 5.11 Å². The maximum atomic E-state index is 11.1. The first-order chi connectivity index (χ1) is 5.59. The zero-order valence-corrected chi connectivity index (χ0v) is 7.16. The molecule has 1 aliphatic carbocycles. The van der Waals surface area contributed by atoms with Crippen LogP contribution in [0, 0.1) is 11.3 Å². The van der Waals surface area contributed by atoms with Crippen LogP contribution in [0.3, 0.4) is 0 Å². The number of hydrogen-bond donors (Lipinski definition) is 1. The molecule has 0 amide bonds. The molecule has 2 atom stereocenters. The van der Waals surface area contributed by atoms with Gasteiger partial charge in [-0.2, -0.15) is 0 Å². The fourth-order valence-electron chi connectivity index (χ4n) is 1.60. The number of hydrogen-bond acceptors (Lipinski definition) is 3. The lowest BCUT2D eigenvalue weighted by Crippen LogP contribution is -2.28. The first-order valence-electron chi connectivity index (χ1n) is 3.91. The third kappa shape index (κ3) is 0.983. The Morgan fingerprint density at radius 1 is 1.67 bits per heavy atom. The van der Waals surface area contributed by atoms with E-state index in [1.807, 2.05) is 6.92 Å². The van der Waals surface area contributed by atoms with E-state index in [-0.39, 0.29) is 5.92 Å². The highest BCUT2D eigenvalue weighted by Crippen LogP contribution is 2.55. The molecule has 0 bridgehead atoms. The van der Waals surface area contributed by atoms with Gasteiger partial charge in [-0.15, -0.1) is 0 Å². The summed E-state index contributed by atoms with van der Waals surface area (Å²) in [5.74, 6) is -1.70. The van der Waals surface area contributed by atoms with Crippen LogP contribution in [-0.2, 0) is 14.3 Å². The van der Waals surface area contributed by atoms with Gasteiger partial charge in [0.15, 0.2) is 5.41 Å². The molecule has 0 radical (unpaired) electrons. The van der Waals surface area contributed by atoms with Crippen molar-refractivity contribution in [2.24, 2.45) is 11.3 Å². The molecule has 0 aliphatic heterocycles. The van der Waals surface area contributed by atoms with Crippen molar-refractivity contribution in [3.63, 3.8) is 0 Å². The average molecular weight is 172 g/mol. The van der Waals surface area contributed by atoms with E-state index in [1.54, 1.807) is 0 Å². The summed E-state index contributed by atoms with van der Waals surface area (Å²) in [6.07, 6.45) is 1.13. The van der Waals surface area contributed by atoms with Crippen molar-refractivity contribution >= 4 is 11.9 Å². The number of carboxylic acid groups (broad SMARTS) is 1. The van der Waals surface area contributed by atoms with Crippen LogP contribution >= 0.6 is 0 Å². The van der Waals surface area contributed by atoms with Crippen molar-refractivity contribution in [1.82, 2.24) is 0 Å². The van der Waals surface area contributed by atoms with Gasteiger partial charge in [0.25, 0.3) is 0 Å². The maximum Gasteiger partial charge on any atom is 0.323 e. The van der Waals surface area contributed by atoms with Gasteiger partial charge >= 0.3 is 11.9 Å². The Balaban J connectivity index is 2.78. The molecule has 1 fully saturated rings. The summed E-state index contributed by atoms with van der Waals surface area (Å²) >= 11 is 0. The molecule has 0 unspecified atom stereocenters. The topological polar surface area (TPSA) is 63.6 Å². The summed E-state index contributed by atoms with van der Waals surface area (Å²) in [5, 5.41) is 8.81. The minimum Gasteiger partial charge on any atom is -0.480 e. The van der Waals surface area contributed by atoms with Crippen molar-refractivity contribution in [3.05, 3.63) is 0 Å². The first-order valence-corrected chi connectivity index (χ1v) is 3.91. The van der Waals surface area contributed by atoms with E-state index < -0.39 is 17.4 Å². The molecule has 1 saturated carbocycles. The fraction of sp³-hybridized carbons (Fsp3) is 0.750. The molecule has 1 aliphatic rings. The van der Waals surface area contributed by atoms with Crippen molar-refractivity contribution < 1.29 is 19.4 Å². The molecule has 1 N–H and O–H groups in total. The smallest absolute Gasteiger partial charge is 0.323 e. The summed E-state index contributed by atoms with van der Waals surface area (Å²) in [4.78, 5) is 21.9. The molecule has 1 rings (SSSR count). The van der Waals surface area contributed by atoms with Crippen molar-refractivity contribution in [3.8, 4) is 0 Å². The summed E-state index contributed by atoms with van der Waals surface area (Å²) in [6, 6.07) is 0. The molecule has 4 nitrogen and oxygen atoms in total. The Hall–Kier alpha value is -1.06. The first kappa shape index (κ1) is 9.03. The molecule has 0 aromatic carbocycles. The lowest BCUT2D eigenvalue weighted by Gasteiger charge is -2.07. The summed E-state index contributed by atoms with van der Waals surface area (Å²) in [6.45, 7) is 1.87. The van der Waals surface area contributed by atoms with E-state index >= 15 is 0 Å².